The maximum atomic E-state index is 13.0. The highest BCUT2D eigenvalue weighted by atomic mass is 32.2. The summed E-state index contributed by atoms with van der Waals surface area (Å²) < 4.78 is 12.7. The summed E-state index contributed by atoms with van der Waals surface area (Å²) in [6.07, 6.45) is -0.239. The van der Waals surface area contributed by atoms with Gasteiger partial charge in [0.1, 0.15) is 30.5 Å². The number of hydrogen-bond donors (Lipinski definition) is 11. The average molecular weight is 956 g/mol. The molecule has 0 aliphatic carbocycles. The smallest absolute Gasteiger partial charge is 0.326 e. The highest BCUT2D eigenvalue weighted by molar-refractivity contribution is 7.94. The number of nitrogens with one attached hydrogen (secondary N) is 7. The monoisotopic (exact) mass is 955 g/mol. The van der Waals surface area contributed by atoms with Crippen LogP contribution in [0.1, 0.15) is 60.0 Å². The highest BCUT2D eigenvalue weighted by Crippen LogP contribution is 2.19. The Morgan fingerprint density at radius 3 is 1.48 bits per heavy atom. The molecule has 67 heavy (non-hydrogen) atoms. The third kappa shape index (κ3) is 22.9. The zero-order valence-corrected chi connectivity index (χ0v) is 37.1. The summed E-state index contributed by atoms with van der Waals surface area (Å²) in [5, 5.41) is 52.7. The number of carboxylic acids is 4. The van der Waals surface area contributed by atoms with Gasteiger partial charge < -0.3 is 62.4 Å². The van der Waals surface area contributed by atoms with Crippen molar-refractivity contribution in [2.75, 3.05) is 20.1 Å². The minimum Gasteiger partial charge on any atom is -0.481 e. The van der Waals surface area contributed by atoms with Crippen LogP contribution in [-0.2, 0) is 51.2 Å². The Hall–Kier alpha value is -7.40. The Kier molecular flexibility index (Phi) is 25.5. The molecule has 3 aromatic carbocycles. The van der Waals surface area contributed by atoms with Gasteiger partial charge >= 0.3 is 29.9 Å². The molecule has 0 heterocycles. The molecular formula is C44H54FN7O14S. The summed E-state index contributed by atoms with van der Waals surface area (Å²) in [6.45, 7) is 0.0757. The lowest BCUT2D eigenvalue weighted by molar-refractivity contribution is -0.141. The molecule has 0 aliphatic heterocycles. The number of carboxylic acid groups (broad SMARTS) is 4. The summed E-state index contributed by atoms with van der Waals surface area (Å²) >= 11 is 0.0908. The van der Waals surface area contributed by atoms with Crippen molar-refractivity contribution < 1.29 is 72.3 Å². The molecule has 23 heteroatoms. The fraction of sp³-hybridized carbons (Fsp3) is 0.364. The Morgan fingerprint density at radius 2 is 1.04 bits per heavy atom. The molecule has 5 atom stereocenters. The van der Waals surface area contributed by atoms with Gasteiger partial charge in [0.2, 0.25) is 17.7 Å². The van der Waals surface area contributed by atoms with Crippen LogP contribution >= 0.6 is 12.1 Å². The molecule has 6 amide bonds. The van der Waals surface area contributed by atoms with Crippen molar-refractivity contribution in [2.24, 2.45) is 0 Å². The molecule has 0 radical (unpaired) electrons. The molecule has 3 rings (SSSR count). The maximum Gasteiger partial charge on any atom is 0.326 e. The number of hydrogen-bond acceptors (Lipinski definition) is 12. The number of likely N-dealkylation sites (N-methyl/N-ethyl adjacent to an activating group) is 1. The van der Waals surface area contributed by atoms with E-state index in [-0.39, 0.29) is 57.3 Å². The van der Waals surface area contributed by atoms with Crippen molar-refractivity contribution in [2.45, 2.75) is 86.5 Å². The Bertz CT molecular complexity index is 2120. The molecule has 0 spiro atoms. The number of benzene rings is 3. The zero-order chi connectivity index (χ0) is 49.7. The second kappa shape index (κ2) is 30.7. The van der Waals surface area contributed by atoms with Crippen LogP contribution in [0.25, 0.3) is 0 Å². The van der Waals surface area contributed by atoms with Gasteiger partial charge in [-0.15, -0.1) is 0 Å². The second-order valence-electron chi connectivity index (χ2n) is 14.5. The third-order valence-electron chi connectivity index (χ3n) is 9.49. The summed E-state index contributed by atoms with van der Waals surface area (Å²) in [5.41, 5.74) is 2.09. The van der Waals surface area contributed by atoms with E-state index in [4.69, 9.17) is 15.3 Å². The Morgan fingerprint density at radius 1 is 0.582 bits per heavy atom. The predicted molar refractivity (Wildman–Crippen MR) is 239 cm³/mol. The van der Waals surface area contributed by atoms with Crippen molar-refractivity contribution in [1.82, 2.24) is 37.2 Å². The van der Waals surface area contributed by atoms with Crippen molar-refractivity contribution in [3.63, 3.8) is 0 Å². The van der Waals surface area contributed by atoms with E-state index >= 15 is 0 Å². The number of carbonyl (C=O) groups is 10. The van der Waals surface area contributed by atoms with Crippen LogP contribution in [0.5, 0.6) is 0 Å². The Balaban J connectivity index is 0.000000461. The van der Waals surface area contributed by atoms with Crippen molar-refractivity contribution in [1.29, 1.82) is 0 Å². The van der Waals surface area contributed by atoms with E-state index in [9.17, 15) is 56.9 Å². The number of aldehydes is 1. The summed E-state index contributed by atoms with van der Waals surface area (Å²) in [6, 6.07) is 17.9. The molecule has 5 unspecified atom stereocenters. The number of rotatable bonds is 28. The highest BCUT2D eigenvalue weighted by Gasteiger charge is 2.27. The second-order valence-corrected chi connectivity index (χ2v) is 15.2. The van der Waals surface area contributed by atoms with Gasteiger partial charge in [-0.05, 0) is 68.1 Å². The van der Waals surface area contributed by atoms with Crippen LogP contribution in [0.2, 0.25) is 0 Å². The van der Waals surface area contributed by atoms with Crippen LogP contribution in [-0.4, -0.2) is 131 Å². The van der Waals surface area contributed by atoms with E-state index in [0.29, 0.717) is 23.2 Å². The van der Waals surface area contributed by atoms with Gasteiger partial charge in [-0.25, -0.2) is 14.4 Å². The van der Waals surface area contributed by atoms with Gasteiger partial charge in [0.15, 0.2) is 0 Å². The summed E-state index contributed by atoms with van der Waals surface area (Å²) in [7, 11) is 1.46. The van der Waals surface area contributed by atoms with E-state index in [0.717, 1.165) is 11.1 Å². The largest absolute Gasteiger partial charge is 0.481 e. The Labute approximate surface area is 388 Å². The van der Waals surface area contributed by atoms with Gasteiger partial charge in [-0.1, -0.05) is 60.7 Å². The van der Waals surface area contributed by atoms with Gasteiger partial charge in [-0.2, -0.15) is 3.89 Å². The van der Waals surface area contributed by atoms with Crippen molar-refractivity contribution in [3.05, 3.63) is 102 Å². The van der Waals surface area contributed by atoms with Crippen molar-refractivity contribution in [3.8, 4) is 0 Å². The topological polar surface area (TPSA) is 336 Å². The van der Waals surface area contributed by atoms with E-state index in [1.165, 1.54) is 31.3 Å². The number of halogens is 1. The average Bonchev–Trinajstić information content (AvgIpc) is 3.30. The van der Waals surface area contributed by atoms with E-state index in [1.54, 1.807) is 0 Å². The summed E-state index contributed by atoms with van der Waals surface area (Å²) in [4.78, 5) is 117. The molecule has 21 nitrogen and oxygen atoms in total. The minimum atomic E-state index is -1.55. The number of aliphatic carboxylic acids is 4. The van der Waals surface area contributed by atoms with Crippen LogP contribution in [0.4, 0.5) is 8.68 Å². The molecule has 362 valence electrons. The SMILES string of the molecule is CNC(CCC(=O)NCCNC(=O)CCC(NC(=O)NC(CCC(=O)O)C(=O)O)C(=O)O)C(=O)O.O=CC(Cc1ccccc1)NC(=O)C(Cc1ccccc1)NC(=O)c1ccc(SF)cc1. The zero-order valence-electron chi connectivity index (χ0n) is 36.3. The third-order valence-corrected chi connectivity index (χ3v) is 9.94. The lowest BCUT2D eigenvalue weighted by Gasteiger charge is -2.21. The minimum absolute atomic E-state index is 0.0223. The molecule has 0 saturated heterocycles. The van der Waals surface area contributed by atoms with Gasteiger partial charge in [0.25, 0.3) is 5.91 Å². The maximum absolute atomic E-state index is 13.0. The first-order valence-electron chi connectivity index (χ1n) is 20.7. The normalized spacial score (nSPS) is 12.7. The quantitative estimate of drug-likeness (QED) is 0.0362. The predicted octanol–water partition coefficient (Wildman–Crippen LogP) is 1.45. The van der Waals surface area contributed by atoms with Crippen molar-refractivity contribution >= 4 is 72.0 Å². The van der Waals surface area contributed by atoms with Crippen LogP contribution in [0.3, 0.4) is 0 Å². The van der Waals surface area contributed by atoms with E-state index in [2.05, 4.69) is 26.6 Å². The van der Waals surface area contributed by atoms with E-state index in [1.807, 2.05) is 71.3 Å². The molecular weight excluding hydrogens is 902 g/mol. The van der Waals surface area contributed by atoms with Gasteiger partial charge in [-0.3, -0.25) is 28.8 Å². The lowest BCUT2D eigenvalue weighted by atomic mass is 10.0. The molecule has 0 aromatic heterocycles. The first-order valence-corrected chi connectivity index (χ1v) is 21.4. The standard InChI is InChI=1S/C25H23FN2O3S.C19H31N5O11/c26-32-22-13-11-20(12-14-22)24(30)28-23(16-19-9-5-2-6-10-19)25(31)27-21(17-29)15-18-7-3-1-4-8-18;1-20-10(16(29)30)2-5-13(25)21-8-9-22-14(26)6-3-11(17(31)32)23-19(35)24-12(18(33)34)4-7-15(27)28/h1-14,17,21,23H,15-16H2,(H,27,31)(H,28,30);10-12,20H,2-9H2,1H3,(H,21,25)(H,22,26)(H,27,28)(H,29,30)(H,31,32)(H,33,34)(H2,23,24,35). The van der Waals surface area contributed by atoms with Crippen LogP contribution in [0, 0.1) is 0 Å². The number of carbonyl (C=O) groups excluding carboxylic acids is 6. The van der Waals surface area contributed by atoms with Crippen LogP contribution < -0.4 is 37.2 Å². The summed E-state index contributed by atoms with van der Waals surface area (Å²) in [5.74, 6) is -7.22. The first kappa shape index (κ1) is 55.7. The lowest BCUT2D eigenvalue weighted by Crippen LogP contribution is -2.51. The molecule has 0 fully saturated rings. The fourth-order valence-corrected chi connectivity index (χ4v) is 6.15. The molecule has 0 aliphatic rings. The molecule has 3 aromatic rings. The molecule has 0 bridgehead atoms. The van der Waals surface area contributed by atoms with E-state index < -0.39 is 96.6 Å². The fourth-order valence-electron chi connectivity index (χ4n) is 5.91. The first-order chi connectivity index (χ1) is 31.9. The van der Waals surface area contributed by atoms with Gasteiger partial charge in [0.05, 0.1) is 18.2 Å². The number of amides is 6. The van der Waals surface area contributed by atoms with Gasteiger partial charge in [0, 0.05) is 49.2 Å². The number of urea groups is 1. The van der Waals surface area contributed by atoms with Crippen LogP contribution in [0.15, 0.2) is 89.8 Å². The molecule has 0 saturated carbocycles. The molecule has 11 N–H and O–H groups in total.